The standard InChI is InChI=1S/C14H7NOS/c16-14-9-4-2-1-3-8(9)10-5-15-6-12-13(10)11(14)7-17-12/h1-7H. The van der Waals surface area contributed by atoms with Gasteiger partial charge in [-0.25, -0.2) is 0 Å². The number of aromatic nitrogens is 1. The molecule has 1 aromatic carbocycles. The number of hydrogen-bond acceptors (Lipinski definition) is 3. The summed E-state index contributed by atoms with van der Waals surface area (Å²) in [6.45, 7) is 0. The van der Waals surface area contributed by atoms with Gasteiger partial charge in [0.25, 0.3) is 0 Å². The van der Waals surface area contributed by atoms with Gasteiger partial charge in [0.15, 0.2) is 5.78 Å². The van der Waals surface area contributed by atoms with E-state index in [1.165, 1.54) is 0 Å². The smallest absolute Gasteiger partial charge is 0.195 e. The molecule has 80 valence electrons. The molecule has 0 spiro atoms. The fraction of sp³-hybridized carbons (Fsp3) is 0. The molecular weight excluding hydrogens is 230 g/mol. The lowest BCUT2D eigenvalue weighted by Crippen LogP contribution is -2.07. The highest BCUT2D eigenvalue weighted by Crippen LogP contribution is 2.41. The van der Waals surface area contributed by atoms with Crippen LogP contribution in [-0.2, 0) is 0 Å². The van der Waals surface area contributed by atoms with Crippen LogP contribution in [0.25, 0.3) is 21.2 Å². The largest absolute Gasteiger partial charge is 0.289 e. The van der Waals surface area contributed by atoms with Crippen LogP contribution in [0.3, 0.4) is 0 Å². The third-order valence-electron chi connectivity index (χ3n) is 3.19. The van der Waals surface area contributed by atoms with Gasteiger partial charge in [-0.3, -0.25) is 9.78 Å². The second-order valence-corrected chi connectivity index (χ2v) is 5.00. The van der Waals surface area contributed by atoms with Gasteiger partial charge in [-0.05, 0) is 5.56 Å². The number of hydrogen-bond donors (Lipinski definition) is 0. The Bertz CT molecular complexity index is 773. The van der Waals surface area contributed by atoms with E-state index in [1.54, 1.807) is 11.3 Å². The Morgan fingerprint density at radius 3 is 2.65 bits per heavy atom. The van der Waals surface area contributed by atoms with Crippen molar-refractivity contribution in [3.05, 3.63) is 53.2 Å². The summed E-state index contributed by atoms with van der Waals surface area (Å²) in [4.78, 5) is 16.6. The minimum Gasteiger partial charge on any atom is -0.289 e. The van der Waals surface area contributed by atoms with Crippen LogP contribution >= 0.6 is 11.3 Å². The molecule has 0 N–H and O–H groups in total. The first-order chi connectivity index (χ1) is 8.36. The predicted molar refractivity (Wildman–Crippen MR) is 68.5 cm³/mol. The number of fused-ring (bicyclic) bond motifs is 2. The lowest BCUT2D eigenvalue weighted by Gasteiger charge is -2.15. The Labute approximate surface area is 102 Å². The van der Waals surface area contributed by atoms with Crippen molar-refractivity contribution in [2.75, 3.05) is 0 Å². The number of thiophene rings is 1. The van der Waals surface area contributed by atoms with Gasteiger partial charge in [-0.1, -0.05) is 24.3 Å². The Morgan fingerprint density at radius 1 is 0.941 bits per heavy atom. The molecule has 1 aliphatic carbocycles. The Morgan fingerprint density at radius 2 is 1.76 bits per heavy atom. The molecule has 0 aliphatic heterocycles. The molecule has 0 fully saturated rings. The molecule has 0 atom stereocenters. The van der Waals surface area contributed by atoms with Crippen molar-refractivity contribution in [3.63, 3.8) is 0 Å². The van der Waals surface area contributed by atoms with Gasteiger partial charge in [0, 0.05) is 39.9 Å². The number of benzene rings is 1. The van der Waals surface area contributed by atoms with E-state index in [1.807, 2.05) is 42.0 Å². The van der Waals surface area contributed by atoms with Gasteiger partial charge < -0.3 is 0 Å². The quantitative estimate of drug-likeness (QED) is 0.468. The van der Waals surface area contributed by atoms with E-state index in [0.29, 0.717) is 0 Å². The fourth-order valence-corrected chi connectivity index (χ4v) is 3.35. The number of ketones is 1. The van der Waals surface area contributed by atoms with E-state index in [2.05, 4.69) is 4.98 Å². The third kappa shape index (κ3) is 1.04. The highest BCUT2D eigenvalue weighted by molar-refractivity contribution is 7.17. The van der Waals surface area contributed by atoms with Gasteiger partial charge in [0.1, 0.15) is 0 Å². The van der Waals surface area contributed by atoms with Crippen molar-refractivity contribution in [2.45, 2.75) is 0 Å². The average molecular weight is 237 g/mol. The number of rotatable bonds is 0. The molecule has 3 heteroatoms. The molecule has 4 rings (SSSR count). The normalized spacial score (nSPS) is 12.8. The molecule has 1 aliphatic rings. The molecule has 0 bridgehead atoms. The minimum absolute atomic E-state index is 0.130. The van der Waals surface area contributed by atoms with Crippen LogP contribution in [0.4, 0.5) is 0 Å². The van der Waals surface area contributed by atoms with Gasteiger partial charge >= 0.3 is 0 Å². The topological polar surface area (TPSA) is 30.0 Å². The summed E-state index contributed by atoms with van der Waals surface area (Å²) in [7, 11) is 0. The van der Waals surface area contributed by atoms with E-state index in [-0.39, 0.29) is 5.78 Å². The summed E-state index contributed by atoms with van der Waals surface area (Å²) < 4.78 is 1.08. The summed E-state index contributed by atoms with van der Waals surface area (Å²) in [6.07, 6.45) is 3.68. The van der Waals surface area contributed by atoms with Crippen LogP contribution in [0, 0.1) is 0 Å². The molecule has 3 aromatic rings. The SMILES string of the molecule is O=C1c2ccccc2-c2cncc3scc1c23. The summed E-state index contributed by atoms with van der Waals surface area (Å²) in [5, 5.41) is 3.00. The third-order valence-corrected chi connectivity index (χ3v) is 4.11. The van der Waals surface area contributed by atoms with Crippen LogP contribution in [-0.4, -0.2) is 10.8 Å². The monoisotopic (exact) mass is 237 g/mol. The average Bonchev–Trinajstić information content (AvgIpc) is 2.81. The van der Waals surface area contributed by atoms with Crippen LogP contribution < -0.4 is 0 Å². The van der Waals surface area contributed by atoms with Gasteiger partial charge in [0.2, 0.25) is 0 Å². The lowest BCUT2D eigenvalue weighted by molar-refractivity contribution is 0.104. The number of pyridine rings is 1. The second-order valence-electron chi connectivity index (χ2n) is 4.08. The first-order valence-electron chi connectivity index (χ1n) is 5.35. The summed E-state index contributed by atoms with van der Waals surface area (Å²) in [6, 6.07) is 7.74. The lowest BCUT2D eigenvalue weighted by atomic mass is 9.87. The maximum absolute atomic E-state index is 12.3. The fourth-order valence-electron chi connectivity index (χ4n) is 2.42. The van der Waals surface area contributed by atoms with E-state index >= 15 is 0 Å². The zero-order valence-electron chi connectivity index (χ0n) is 8.81. The van der Waals surface area contributed by atoms with Crippen molar-refractivity contribution < 1.29 is 4.79 Å². The molecule has 2 heterocycles. The zero-order valence-corrected chi connectivity index (χ0v) is 9.62. The maximum Gasteiger partial charge on any atom is 0.195 e. The Hall–Kier alpha value is -2.00. The summed E-state index contributed by atoms with van der Waals surface area (Å²) in [5.74, 6) is 0.130. The van der Waals surface area contributed by atoms with Crippen LogP contribution in [0.15, 0.2) is 42.0 Å². The van der Waals surface area contributed by atoms with E-state index in [4.69, 9.17) is 0 Å². The maximum atomic E-state index is 12.3. The first-order valence-corrected chi connectivity index (χ1v) is 6.23. The zero-order chi connectivity index (χ0) is 11.4. The Kier molecular flexibility index (Phi) is 1.61. The molecule has 0 saturated heterocycles. The molecule has 0 amide bonds. The highest BCUT2D eigenvalue weighted by atomic mass is 32.1. The van der Waals surface area contributed by atoms with Crippen molar-refractivity contribution in [1.82, 2.24) is 4.98 Å². The van der Waals surface area contributed by atoms with E-state index in [0.717, 1.165) is 32.3 Å². The highest BCUT2D eigenvalue weighted by Gasteiger charge is 2.25. The van der Waals surface area contributed by atoms with E-state index in [9.17, 15) is 4.79 Å². The molecule has 0 saturated carbocycles. The molecular formula is C14H7NOS. The van der Waals surface area contributed by atoms with E-state index < -0.39 is 0 Å². The van der Waals surface area contributed by atoms with Crippen molar-refractivity contribution in [2.24, 2.45) is 0 Å². The number of carbonyl (C=O) groups is 1. The van der Waals surface area contributed by atoms with Crippen LogP contribution in [0.1, 0.15) is 15.9 Å². The Balaban J connectivity index is 2.28. The number of nitrogens with zero attached hydrogens (tertiary/aromatic N) is 1. The molecule has 0 unspecified atom stereocenters. The summed E-state index contributed by atoms with van der Waals surface area (Å²) in [5.41, 5.74) is 3.68. The predicted octanol–water partition coefficient (Wildman–Crippen LogP) is 3.51. The summed E-state index contributed by atoms with van der Waals surface area (Å²) >= 11 is 1.58. The molecule has 0 radical (unpaired) electrons. The van der Waals surface area contributed by atoms with Gasteiger partial charge in [0.05, 0.1) is 4.70 Å². The second kappa shape index (κ2) is 3.02. The van der Waals surface area contributed by atoms with Gasteiger partial charge in [-0.2, -0.15) is 0 Å². The van der Waals surface area contributed by atoms with Gasteiger partial charge in [-0.15, -0.1) is 11.3 Å². The van der Waals surface area contributed by atoms with Crippen LogP contribution in [0.5, 0.6) is 0 Å². The molecule has 2 aromatic heterocycles. The molecule has 17 heavy (non-hydrogen) atoms. The van der Waals surface area contributed by atoms with Crippen molar-refractivity contribution in [1.29, 1.82) is 0 Å². The van der Waals surface area contributed by atoms with Crippen LogP contribution in [0.2, 0.25) is 0 Å². The van der Waals surface area contributed by atoms with Crippen molar-refractivity contribution in [3.8, 4) is 11.1 Å². The minimum atomic E-state index is 0.130. The first kappa shape index (κ1) is 9.07. The number of carbonyl (C=O) groups excluding carboxylic acids is 1. The molecule has 2 nitrogen and oxygen atoms in total. The van der Waals surface area contributed by atoms with Crippen molar-refractivity contribution >= 4 is 27.2 Å².